The topological polar surface area (TPSA) is 48.1 Å². The van der Waals surface area contributed by atoms with Crippen LogP contribution in [0.25, 0.3) is 0 Å². The Morgan fingerprint density at radius 1 is 1.25 bits per heavy atom. The second-order valence-corrected chi connectivity index (χ2v) is 5.83. The Morgan fingerprint density at radius 2 is 1.90 bits per heavy atom. The van der Waals surface area contributed by atoms with Crippen molar-refractivity contribution in [1.82, 2.24) is 4.98 Å². The van der Waals surface area contributed by atoms with Crippen molar-refractivity contribution >= 4 is 17.3 Å². The van der Waals surface area contributed by atoms with Crippen molar-refractivity contribution in [2.45, 2.75) is 32.6 Å². The van der Waals surface area contributed by atoms with Crippen LogP contribution < -0.4 is 10.5 Å². The van der Waals surface area contributed by atoms with Gasteiger partial charge in [-0.05, 0) is 35.6 Å². The quantitative estimate of drug-likeness (QED) is 0.880. The number of nitrogen functional groups attached to an aromatic ring is 1. The van der Waals surface area contributed by atoms with Gasteiger partial charge in [0.25, 0.3) is 0 Å². The fraction of sp³-hybridized carbons (Fsp3) is 0.312. The Bertz CT molecular complexity index is 594. The molecular weight excluding hydrogens is 272 g/mol. The highest BCUT2D eigenvalue weighted by Crippen LogP contribution is 2.31. The van der Waals surface area contributed by atoms with E-state index in [1.807, 2.05) is 12.1 Å². The first-order valence-corrected chi connectivity index (χ1v) is 6.99. The van der Waals surface area contributed by atoms with Gasteiger partial charge < -0.3 is 10.5 Å². The SMILES string of the molecule is CCC(C)(C)c1ccc(Oc2ncc(N)cc2Cl)cc1. The van der Waals surface area contributed by atoms with Gasteiger partial charge in [0, 0.05) is 0 Å². The van der Waals surface area contributed by atoms with Crippen LogP contribution in [-0.2, 0) is 5.41 Å². The Balaban J connectivity index is 2.19. The summed E-state index contributed by atoms with van der Waals surface area (Å²) < 4.78 is 5.67. The number of pyridine rings is 1. The third kappa shape index (κ3) is 3.23. The van der Waals surface area contributed by atoms with E-state index >= 15 is 0 Å². The van der Waals surface area contributed by atoms with Crippen LogP contribution in [0.15, 0.2) is 36.5 Å². The zero-order valence-corrected chi connectivity index (χ0v) is 12.7. The van der Waals surface area contributed by atoms with Crippen LogP contribution in [0.1, 0.15) is 32.8 Å². The lowest BCUT2D eigenvalue weighted by Crippen LogP contribution is -2.14. The van der Waals surface area contributed by atoms with Crippen LogP contribution in [0.2, 0.25) is 5.02 Å². The van der Waals surface area contributed by atoms with E-state index in [-0.39, 0.29) is 5.41 Å². The van der Waals surface area contributed by atoms with Crippen LogP contribution in [0.4, 0.5) is 5.69 Å². The average molecular weight is 291 g/mol. The molecule has 0 saturated carbocycles. The largest absolute Gasteiger partial charge is 0.438 e. The molecule has 0 saturated heterocycles. The van der Waals surface area contributed by atoms with Gasteiger partial charge in [0.15, 0.2) is 0 Å². The molecule has 0 aliphatic carbocycles. The monoisotopic (exact) mass is 290 g/mol. The molecule has 2 rings (SSSR count). The molecule has 20 heavy (non-hydrogen) atoms. The molecule has 1 heterocycles. The van der Waals surface area contributed by atoms with Gasteiger partial charge in [-0.2, -0.15) is 0 Å². The van der Waals surface area contributed by atoms with Crippen molar-refractivity contribution in [3.8, 4) is 11.6 Å². The smallest absolute Gasteiger partial charge is 0.238 e. The first kappa shape index (κ1) is 14.7. The molecule has 2 N–H and O–H groups in total. The van der Waals surface area contributed by atoms with E-state index in [0.29, 0.717) is 22.3 Å². The van der Waals surface area contributed by atoms with Crippen molar-refractivity contribution in [1.29, 1.82) is 0 Å². The number of halogens is 1. The minimum absolute atomic E-state index is 0.162. The summed E-state index contributed by atoms with van der Waals surface area (Å²) >= 11 is 6.04. The van der Waals surface area contributed by atoms with Crippen LogP contribution >= 0.6 is 11.6 Å². The summed E-state index contributed by atoms with van der Waals surface area (Å²) in [4.78, 5) is 4.08. The second kappa shape index (κ2) is 5.71. The highest BCUT2D eigenvalue weighted by atomic mass is 35.5. The third-order valence-corrected chi connectivity index (χ3v) is 3.83. The van der Waals surface area contributed by atoms with Crippen LogP contribution in [0.3, 0.4) is 0 Å². The summed E-state index contributed by atoms with van der Waals surface area (Å²) in [6.45, 7) is 6.63. The summed E-state index contributed by atoms with van der Waals surface area (Å²) in [5.41, 5.74) is 7.56. The number of benzene rings is 1. The predicted octanol–water partition coefficient (Wildman–Crippen LogP) is 4.80. The predicted molar refractivity (Wildman–Crippen MR) is 83.5 cm³/mol. The van der Waals surface area contributed by atoms with Crippen molar-refractivity contribution in [3.63, 3.8) is 0 Å². The van der Waals surface area contributed by atoms with Gasteiger partial charge in [-0.1, -0.05) is 44.5 Å². The highest BCUT2D eigenvalue weighted by Gasteiger charge is 2.17. The van der Waals surface area contributed by atoms with Crippen LogP contribution in [-0.4, -0.2) is 4.98 Å². The Morgan fingerprint density at radius 3 is 2.45 bits per heavy atom. The lowest BCUT2D eigenvalue weighted by molar-refractivity contribution is 0.461. The lowest BCUT2D eigenvalue weighted by atomic mass is 9.82. The van der Waals surface area contributed by atoms with Crippen molar-refractivity contribution in [3.05, 3.63) is 47.1 Å². The molecule has 1 aromatic heterocycles. The number of hydrogen-bond acceptors (Lipinski definition) is 3. The molecule has 0 radical (unpaired) electrons. The van der Waals surface area contributed by atoms with Gasteiger partial charge in [0.2, 0.25) is 5.88 Å². The lowest BCUT2D eigenvalue weighted by Gasteiger charge is -2.23. The maximum Gasteiger partial charge on any atom is 0.238 e. The van der Waals surface area contributed by atoms with Gasteiger partial charge in [-0.25, -0.2) is 4.98 Å². The molecular formula is C16H19ClN2O. The third-order valence-electron chi connectivity index (χ3n) is 3.56. The molecule has 0 aliphatic heterocycles. The molecule has 2 aromatic rings. The minimum atomic E-state index is 0.162. The van der Waals surface area contributed by atoms with Crippen molar-refractivity contribution in [2.24, 2.45) is 0 Å². The van der Waals surface area contributed by atoms with E-state index in [4.69, 9.17) is 22.1 Å². The fourth-order valence-electron chi connectivity index (χ4n) is 1.81. The average Bonchev–Trinajstić information content (AvgIpc) is 2.42. The van der Waals surface area contributed by atoms with E-state index in [1.54, 1.807) is 6.07 Å². The maximum absolute atomic E-state index is 6.04. The number of rotatable bonds is 4. The molecule has 0 aliphatic rings. The molecule has 0 amide bonds. The van der Waals surface area contributed by atoms with E-state index < -0.39 is 0 Å². The zero-order valence-electron chi connectivity index (χ0n) is 12.0. The normalized spacial score (nSPS) is 11.4. The summed E-state index contributed by atoms with van der Waals surface area (Å²) in [5, 5.41) is 0.406. The standard InChI is InChI=1S/C16H19ClN2O/c1-4-16(2,3)11-5-7-13(8-6-11)20-15-14(17)9-12(18)10-19-15/h5-10H,4,18H2,1-3H3. The van der Waals surface area contributed by atoms with Crippen molar-refractivity contribution < 1.29 is 4.74 Å². The van der Waals surface area contributed by atoms with Gasteiger partial charge in [-0.3, -0.25) is 0 Å². The van der Waals surface area contributed by atoms with Gasteiger partial charge in [0.05, 0.1) is 11.9 Å². The first-order valence-electron chi connectivity index (χ1n) is 6.62. The fourth-order valence-corrected chi connectivity index (χ4v) is 2.02. The number of nitrogens with zero attached hydrogens (tertiary/aromatic N) is 1. The number of anilines is 1. The van der Waals surface area contributed by atoms with E-state index in [9.17, 15) is 0 Å². The molecule has 0 bridgehead atoms. The second-order valence-electron chi connectivity index (χ2n) is 5.42. The summed E-state index contributed by atoms with van der Waals surface area (Å²) in [7, 11) is 0. The Hall–Kier alpha value is -1.74. The van der Waals surface area contributed by atoms with Crippen LogP contribution in [0.5, 0.6) is 11.6 Å². The van der Waals surface area contributed by atoms with Gasteiger partial charge >= 0.3 is 0 Å². The van der Waals surface area contributed by atoms with Gasteiger partial charge in [-0.15, -0.1) is 0 Å². The zero-order chi connectivity index (χ0) is 14.8. The molecule has 0 atom stereocenters. The molecule has 0 fully saturated rings. The molecule has 4 heteroatoms. The number of hydrogen-bond donors (Lipinski definition) is 1. The van der Waals surface area contributed by atoms with E-state index in [1.165, 1.54) is 11.8 Å². The molecule has 106 valence electrons. The summed E-state index contributed by atoms with van der Waals surface area (Å²) in [6.07, 6.45) is 2.61. The molecule has 1 aromatic carbocycles. The number of nitrogens with two attached hydrogens (primary N) is 1. The number of ether oxygens (including phenoxy) is 1. The van der Waals surface area contributed by atoms with E-state index in [2.05, 4.69) is 37.9 Å². The first-order chi connectivity index (χ1) is 9.42. The number of aromatic nitrogens is 1. The molecule has 3 nitrogen and oxygen atoms in total. The maximum atomic E-state index is 6.04. The van der Waals surface area contributed by atoms with Crippen molar-refractivity contribution in [2.75, 3.05) is 5.73 Å². The van der Waals surface area contributed by atoms with Gasteiger partial charge in [0.1, 0.15) is 10.8 Å². The molecule has 0 unspecified atom stereocenters. The highest BCUT2D eigenvalue weighted by molar-refractivity contribution is 6.32. The minimum Gasteiger partial charge on any atom is -0.438 e. The summed E-state index contributed by atoms with van der Waals surface area (Å²) in [6, 6.07) is 9.63. The molecule has 0 spiro atoms. The Labute approximate surface area is 124 Å². The summed E-state index contributed by atoms with van der Waals surface area (Å²) in [5.74, 6) is 1.07. The Kier molecular flexibility index (Phi) is 4.19. The van der Waals surface area contributed by atoms with Crippen LogP contribution in [0, 0.1) is 0 Å². The van der Waals surface area contributed by atoms with E-state index in [0.717, 1.165) is 6.42 Å².